The predicted molar refractivity (Wildman–Crippen MR) is 107 cm³/mol. The van der Waals surface area contributed by atoms with Gasteiger partial charge in [-0.3, -0.25) is 4.79 Å². The quantitative estimate of drug-likeness (QED) is 0.796. The number of aryl methyl sites for hydroxylation is 1. The Hall–Kier alpha value is -3.10. The highest BCUT2D eigenvalue weighted by Gasteiger charge is 2.34. The molecule has 1 aliphatic heterocycles. The van der Waals surface area contributed by atoms with E-state index in [0.29, 0.717) is 41.7 Å². The van der Waals surface area contributed by atoms with Crippen molar-refractivity contribution in [3.8, 4) is 11.5 Å². The second-order valence-corrected chi connectivity index (χ2v) is 7.46. The smallest absolute Gasteiger partial charge is 0.246 e. The van der Waals surface area contributed by atoms with Crippen molar-refractivity contribution in [2.75, 3.05) is 29.7 Å². The number of rotatable bonds is 5. The van der Waals surface area contributed by atoms with Crippen molar-refractivity contribution in [3.63, 3.8) is 0 Å². The lowest BCUT2D eigenvalue weighted by molar-refractivity contribution is -0.117. The van der Waals surface area contributed by atoms with Crippen molar-refractivity contribution in [2.24, 2.45) is 0 Å². The Labute approximate surface area is 168 Å². The van der Waals surface area contributed by atoms with E-state index in [9.17, 15) is 9.18 Å². The van der Waals surface area contributed by atoms with E-state index in [4.69, 9.17) is 9.47 Å². The highest BCUT2D eigenvalue weighted by atomic mass is 19.1. The summed E-state index contributed by atoms with van der Waals surface area (Å²) in [6.45, 7) is 3.67. The van der Waals surface area contributed by atoms with E-state index in [-0.39, 0.29) is 29.8 Å². The number of carbonyl (C=O) groups is 1. The highest BCUT2D eigenvalue weighted by Crippen LogP contribution is 2.34. The molecule has 1 fully saturated rings. The maximum atomic E-state index is 14.0. The van der Waals surface area contributed by atoms with E-state index >= 15 is 0 Å². The lowest BCUT2D eigenvalue weighted by Gasteiger charge is -2.37. The molecule has 1 atom stereocenters. The lowest BCUT2D eigenvalue weighted by Crippen LogP contribution is -2.45. The molecule has 9 heteroatoms. The van der Waals surface area contributed by atoms with Gasteiger partial charge in [-0.25, -0.2) is 9.37 Å². The minimum absolute atomic E-state index is 0.0721. The number of amides is 1. The molecule has 0 spiro atoms. The monoisotopic (exact) mass is 401 g/mol. The van der Waals surface area contributed by atoms with Crippen LogP contribution in [0.2, 0.25) is 0 Å². The van der Waals surface area contributed by atoms with Crippen LogP contribution < -0.4 is 25.0 Å². The molecule has 1 aromatic heterocycles. The number of hydrogen-bond donors (Lipinski definition) is 2. The van der Waals surface area contributed by atoms with Gasteiger partial charge in [0.2, 0.25) is 11.9 Å². The van der Waals surface area contributed by atoms with Crippen molar-refractivity contribution in [1.82, 2.24) is 9.97 Å². The van der Waals surface area contributed by atoms with Crippen molar-refractivity contribution in [1.29, 1.82) is 0 Å². The molecule has 0 bridgehead atoms. The van der Waals surface area contributed by atoms with Crippen LogP contribution in [-0.4, -0.2) is 48.2 Å². The van der Waals surface area contributed by atoms with Gasteiger partial charge >= 0.3 is 0 Å². The molecule has 2 N–H and O–H groups in total. The van der Waals surface area contributed by atoms with Gasteiger partial charge in [-0.2, -0.15) is 4.98 Å². The molecule has 0 unspecified atom stereocenters. The number of nitrogens with one attached hydrogen (secondary N) is 2. The molecule has 1 amide bonds. The first-order chi connectivity index (χ1) is 13.9. The predicted octanol–water partition coefficient (Wildman–Crippen LogP) is 2.73. The number of aromatic nitrogens is 2. The van der Waals surface area contributed by atoms with Gasteiger partial charge in [0.15, 0.2) is 17.4 Å². The number of anilines is 3. The van der Waals surface area contributed by atoms with Crippen LogP contribution in [0.5, 0.6) is 11.5 Å². The molecule has 0 saturated heterocycles. The Bertz CT molecular complexity index is 948. The summed E-state index contributed by atoms with van der Waals surface area (Å²) >= 11 is 0. The average Bonchev–Trinajstić information content (AvgIpc) is 2.66. The van der Waals surface area contributed by atoms with Crippen LogP contribution in [-0.2, 0) is 4.79 Å². The van der Waals surface area contributed by atoms with E-state index in [2.05, 4.69) is 20.6 Å². The second-order valence-electron chi connectivity index (χ2n) is 7.46. The molecule has 2 aliphatic rings. The lowest BCUT2D eigenvalue weighted by atomic mass is 9.89. The van der Waals surface area contributed by atoms with Crippen LogP contribution in [0, 0.1) is 12.7 Å². The molecular formula is C20H24FN5O3. The summed E-state index contributed by atoms with van der Waals surface area (Å²) in [6, 6.07) is 4.40. The molecular weight excluding hydrogens is 377 g/mol. The molecule has 29 heavy (non-hydrogen) atoms. The maximum Gasteiger partial charge on any atom is 0.246 e. The Morgan fingerprint density at radius 2 is 2.07 bits per heavy atom. The topological polar surface area (TPSA) is 88.6 Å². The van der Waals surface area contributed by atoms with Gasteiger partial charge in [0, 0.05) is 32.0 Å². The molecule has 0 radical (unpaired) electrons. The van der Waals surface area contributed by atoms with Crippen molar-refractivity contribution < 1.29 is 18.7 Å². The fourth-order valence-corrected chi connectivity index (χ4v) is 3.46. The number of hydrogen-bond acceptors (Lipinski definition) is 7. The zero-order valence-electron chi connectivity index (χ0n) is 16.8. The molecule has 2 heterocycles. The number of carbonyl (C=O) groups excluding carboxylic acids is 1. The first-order valence-corrected chi connectivity index (χ1v) is 9.54. The summed E-state index contributed by atoms with van der Waals surface area (Å²) in [6.07, 6.45) is 1.36. The standard InChI is InChI=1S/C20H24FN5O3/c1-10-17-18(26(3)11(2)19(27)24-17)25-20(22-10)23-12-7-14(8-12)29-16-6-5-13(28-4)9-15(16)21/h5-6,9,11-12,14H,7-8H2,1-4H3,(H,24,27)(H,22,23,25)/t11-,12-,14-/m0/s1. The van der Waals surface area contributed by atoms with E-state index in [1.54, 1.807) is 12.1 Å². The Morgan fingerprint density at radius 1 is 1.31 bits per heavy atom. The van der Waals surface area contributed by atoms with Gasteiger partial charge in [0.1, 0.15) is 23.6 Å². The summed E-state index contributed by atoms with van der Waals surface area (Å²) < 4.78 is 24.8. The minimum atomic E-state index is -0.436. The van der Waals surface area contributed by atoms with E-state index < -0.39 is 5.82 Å². The van der Waals surface area contributed by atoms with Gasteiger partial charge in [0.25, 0.3) is 0 Å². The number of likely N-dealkylation sites (N-methyl/N-ethyl adjacent to an activating group) is 1. The Balaban J connectivity index is 1.38. The molecule has 1 saturated carbocycles. The Kier molecular flexibility index (Phi) is 4.89. The van der Waals surface area contributed by atoms with Crippen LogP contribution in [0.3, 0.4) is 0 Å². The highest BCUT2D eigenvalue weighted by molar-refractivity contribution is 6.03. The zero-order chi connectivity index (χ0) is 20.7. The van der Waals surface area contributed by atoms with Gasteiger partial charge in [-0.05, 0) is 26.0 Å². The summed E-state index contributed by atoms with van der Waals surface area (Å²) in [5.74, 6) is 1.38. The summed E-state index contributed by atoms with van der Waals surface area (Å²) in [7, 11) is 3.34. The van der Waals surface area contributed by atoms with Crippen molar-refractivity contribution in [2.45, 2.75) is 44.9 Å². The van der Waals surface area contributed by atoms with Gasteiger partial charge in [-0.1, -0.05) is 0 Å². The number of benzene rings is 1. The summed E-state index contributed by atoms with van der Waals surface area (Å²) in [5.41, 5.74) is 1.35. The Morgan fingerprint density at radius 3 is 2.76 bits per heavy atom. The van der Waals surface area contributed by atoms with Gasteiger partial charge in [0.05, 0.1) is 12.8 Å². The third-order valence-electron chi connectivity index (χ3n) is 5.47. The SMILES string of the molecule is COc1ccc(O[C@H]2C[C@H](Nc3nc(C)c4c(n3)N(C)[C@@H](C)C(=O)N4)C2)c(F)c1. The van der Waals surface area contributed by atoms with Crippen LogP contribution >= 0.6 is 0 Å². The van der Waals surface area contributed by atoms with Gasteiger partial charge < -0.3 is 25.0 Å². The fourth-order valence-electron chi connectivity index (χ4n) is 3.46. The first kappa shape index (κ1) is 19.2. The molecule has 1 aliphatic carbocycles. The van der Waals surface area contributed by atoms with Crippen LogP contribution in [0.15, 0.2) is 18.2 Å². The third kappa shape index (κ3) is 3.64. The largest absolute Gasteiger partial charge is 0.497 e. The molecule has 154 valence electrons. The fraction of sp³-hybridized carbons (Fsp3) is 0.450. The number of nitrogens with zero attached hydrogens (tertiary/aromatic N) is 3. The van der Waals surface area contributed by atoms with Crippen LogP contribution in [0.1, 0.15) is 25.5 Å². The second kappa shape index (κ2) is 7.38. The third-order valence-corrected chi connectivity index (χ3v) is 5.47. The maximum absolute atomic E-state index is 14.0. The average molecular weight is 401 g/mol. The zero-order valence-corrected chi connectivity index (χ0v) is 16.8. The van der Waals surface area contributed by atoms with Crippen molar-refractivity contribution >= 4 is 23.4 Å². The van der Waals surface area contributed by atoms with Gasteiger partial charge in [-0.15, -0.1) is 0 Å². The minimum Gasteiger partial charge on any atom is -0.497 e. The van der Waals surface area contributed by atoms with Crippen LogP contribution in [0.4, 0.5) is 21.8 Å². The number of ether oxygens (including phenoxy) is 2. The first-order valence-electron chi connectivity index (χ1n) is 9.54. The molecule has 1 aromatic carbocycles. The van der Waals surface area contributed by atoms with E-state index in [1.165, 1.54) is 13.2 Å². The molecule has 2 aromatic rings. The number of halogens is 1. The number of methoxy groups -OCH3 is 1. The van der Waals surface area contributed by atoms with E-state index in [1.807, 2.05) is 25.8 Å². The van der Waals surface area contributed by atoms with Crippen molar-refractivity contribution in [3.05, 3.63) is 29.7 Å². The molecule has 8 nitrogen and oxygen atoms in total. The molecule has 4 rings (SSSR count). The summed E-state index contributed by atoms with van der Waals surface area (Å²) in [5, 5.41) is 6.18. The summed E-state index contributed by atoms with van der Waals surface area (Å²) in [4.78, 5) is 22.9. The normalized spacial score (nSPS) is 23.0. The van der Waals surface area contributed by atoms with Crippen LogP contribution in [0.25, 0.3) is 0 Å². The van der Waals surface area contributed by atoms with E-state index in [0.717, 1.165) is 0 Å². The number of fused-ring (bicyclic) bond motifs is 1.